The maximum atomic E-state index is 13.3. The van der Waals surface area contributed by atoms with E-state index < -0.39 is 13.0 Å². The third-order valence-electron chi connectivity index (χ3n) is 6.25. The molecule has 0 bridgehead atoms. The number of carbonyl (C=O) groups excluding carboxylic acids is 2. The van der Waals surface area contributed by atoms with Crippen LogP contribution in [0, 0.1) is 0 Å². The van der Waals surface area contributed by atoms with Crippen molar-refractivity contribution in [2.75, 3.05) is 13.6 Å². The number of piperidine rings is 1. The predicted molar refractivity (Wildman–Crippen MR) is 118 cm³/mol. The summed E-state index contributed by atoms with van der Waals surface area (Å²) in [7, 11) is 0.315. The number of hydrogen-bond donors (Lipinski definition) is 2. The molecule has 2 unspecified atom stereocenters. The lowest BCUT2D eigenvalue weighted by Gasteiger charge is -2.38. The Balaban J connectivity index is 1.55. The molecule has 2 aromatic rings. The van der Waals surface area contributed by atoms with Crippen molar-refractivity contribution in [3.63, 3.8) is 0 Å². The Hall–Kier alpha value is -2.00. The average molecular weight is 471 g/mol. The van der Waals surface area contributed by atoms with Crippen LogP contribution in [0.5, 0.6) is 0 Å². The highest BCUT2D eigenvalue weighted by Gasteiger charge is 2.39. The largest absolute Gasteiger partial charge is 0.488 e. The quantitative estimate of drug-likeness (QED) is 0.526. The normalized spacial score (nSPS) is 21.1. The van der Waals surface area contributed by atoms with Crippen molar-refractivity contribution in [1.82, 2.24) is 9.80 Å². The molecule has 8 heteroatoms. The lowest BCUT2D eigenvalue weighted by Crippen LogP contribution is -2.53. The molecule has 0 radical (unpaired) electrons. The third kappa shape index (κ3) is 3.85. The van der Waals surface area contributed by atoms with E-state index in [1.165, 1.54) is 28.2 Å². The molecule has 1 aliphatic carbocycles. The number of benzene rings is 2. The van der Waals surface area contributed by atoms with Crippen LogP contribution in [0.25, 0.3) is 0 Å². The Labute approximate surface area is 184 Å². The van der Waals surface area contributed by atoms with Crippen LogP contribution in [0.15, 0.2) is 46.9 Å². The van der Waals surface area contributed by atoms with Crippen molar-refractivity contribution in [1.29, 1.82) is 0 Å². The second kappa shape index (κ2) is 8.63. The van der Waals surface area contributed by atoms with E-state index in [9.17, 15) is 19.6 Å². The van der Waals surface area contributed by atoms with Gasteiger partial charge in [0.2, 0.25) is 5.91 Å². The van der Waals surface area contributed by atoms with E-state index in [-0.39, 0.29) is 29.0 Å². The van der Waals surface area contributed by atoms with Gasteiger partial charge >= 0.3 is 7.12 Å². The molecule has 2 N–H and O–H groups in total. The smallest absolute Gasteiger partial charge is 0.423 e. The van der Waals surface area contributed by atoms with Crippen LogP contribution in [0.2, 0.25) is 0 Å². The van der Waals surface area contributed by atoms with E-state index in [2.05, 4.69) is 26.9 Å². The van der Waals surface area contributed by atoms with Gasteiger partial charge in [0, 0.05) is 22.6 Å². The Morgan fingerprint density at radius 2 is 1.93 bits per heavy atom. The fourth-order valence-electron chi connectivity index (χ4n) is 4.65. The Morgan fingerprint density at radius 3 is 2.70 bits per heavy atom. The summed E-state index contributed by atoms with van der Waals surface area (Å²) in [5.41, 5.74) is 3.05. The molecule has 2 amide bonds. The summed E-state index contributed by atoms with van der Waals surface area (Å²) in [6.07, 6.45) is 3.37. The van der Waals surface area contributed by atoms with Gasteiger partial charge in [0.15, 0.2) is 0 Å². The van der Waals surface area contributed by atoms with Gasteiger partial charge in [0.25, 0.3) is 5.91 Å². The summed E-state index contributed by atoms with van der Waals surface area (Å²) in [6.45, 7) is 0.376. The SMILES string of the molecule is CN(C1CCCN(C(=O)c2cccc(B(O)O)c2)C1=O)C1CCc2c(Br)cccc21. The zero-order chi connectivity index (χ0) is 21.4. The summed E-state index contributed by atoms with van der Waals surface area (Å²) in [5.74, 6) is -0.581. The minimum atomic E-state index is -1.66. The zero-order valence-corrected chi connectivity index (χ0v) is 18.4. The minimum absolute atomic E-state index is 0.148. The van der Waals surface area contributed by atoms with Crippen molar-refractivity contribution in [2.24, 2.45) is 0 Å². The molecule has 156 valence electrons. The second-order valence-electron chi connectivity index (χ2n) is 7.98. The highest BCUT2D eigenvalue weighted by Crippen LogP contribution is 2.40. The summed E-state index contributed by atoms with van der Waals surface area (Å²) in [4.78, 5) is 29.8. The van der Waals surface area contributed by atoms with Crippen molar-refractivity contribution >= 4 is 40.3 Å². The highest BCUT2D eigenvalue weighted by atomic mass is 79.9. The topological polar surface area (TPSA) is 81.1 Å². The molecule has 2 aromatic carbocycles. The van der Waals surface area contributed by atoms with Gasteiger partial charge in [-0.25, -0.2) is 0 Å². The average Bonchev–Trinajstić information content (AvgIpc) is 3.18. The number of likely N-dealkylation sites (tertiary alicyclic amines) is 1. The zero-order valence-electron chi connectivity index (χ0n) is 16.8. The molecule has 0 saturated carbocycles. The molecule has 30 heavy (non-hydrogen) atoms. The second-order valence-corrected chi connectivity index (χ2v) is 8.83. The number of halogens is 1. The van der Waals surface area contributed by atoms with Crippen LogP contribution in [0.4, 0.5) is 0 Å². The molecule has 1 fully saturated rings. The lowest BCUT2D eigenvalue weighted by molar-refractivity contribution is -0.137. The fraction of sp³-hybridized carbons (Fsp3) is 0.364. The van der Waals surface area contributed by atoms with Crippen LogP contribution in [-0.2, 0) is 11.2 Å². The van der Waals surface area contributed by atoms with Crippen molar-refractivity contribution in [2.45, 2.75) is 37.8 Å². The van der Waals surface area contributed by atoms with Gasteiger partial charge in [-0.3, -0.25) is 19.4 Å². The fourth-order valence-corrected chi connectivity index (χ4v) is 5.23. The number of amides is 2. The molecule has 2 aliphatic rings. The van der Waals surface area contributed by atoms with Crippen LogP contribution in [-0.4, -0.2) is 58.4 Å². The number of carbonyl (C=O) groups is 2. The number of nitrogens with zero attached hydrogens (tertiary/aromatic N) is 2. The van der Waals surface area contributed by atoms with Gasteiger partial charge in [0.05, 0.1) is 6.04 Å². The first-order valence-corrected chi connectivity index (χ1v) is 11.0. The number of imide groups is 1. The first-order chi connectivity index (χ1) is 14.4. The molecule has 1 heterocycles. The molecule has 4 rings (SSSR count). The van der Waals surface area contributed by atoms with E-state index in [4.69, 9.17) is 0 Å². The van der Waals surface area contributed by atoms with E-state index in [1.807, 2.05) is 19.2 Å². The van der Waals surface area contributed by atoms with Gasteiger partial charge in [-0.15, -0.1) is 0 Å². The third-order valence-corrected chi connectivity index (χ3v) is 7.00. The highest BCUT2D eigenvalue weighted by molar-refractivity contribution is 9.10. The van der Waals surface area contributed by atoms with Gasteiger partial charge in [-0.1, -0.05) is 40.2 Å². The Kier molecular flexibility index (Phi) is 6.11. The van der Waals surface area contributed by atoms with Crippen molar-refractivity contribution < 1.29 is 19.6 Å². The molecule has 0 spiro atoms. The van der Waals surface area contributed by atoms with Gasteiger partial charge in [-0.2, -0.15) is 0 Å². The first-order valence-electron chi connectivity index (χ1n) is 10.2. The van der Waals surface area contributed by atoms with Crippen molar-refractivity contribution in [3.05, 3.63) is 63.6 Å². The summed E-state index contributed by atoms with van der Waals surface area (Å²) < 4.78 is 1.11. The standard InChI is InChI=1S/C22H24BBrN2O4/c1-25(19-11-10-16-17(19)7-3-8-18(16)24)20-9-4-12-26(22(20)28)21(27)14-5-2-6-15(13-14)23(29)30/h2-3,5-8,13,19-20,29-30H,4,9-12H2,1H3. The number of fused-ring (bicyclic) bond motifs is 1. The Bertz CT molecular complexity index is 983. The lowest BCUT2D eigenvalue weighted by atomic mass is 9.79. The van der Waals surface area contributed by atoms with Crippen LogP contribution >= 0.6 is 15.9 Å². The van der Waals surface area contributed by atoms with Gasteiger partial charge in [-0.05, 0) is 67.5 Å². The minimum Gasteiger partial charge on any atom is -0.423 e. The van der Waals surface area contributed by atoms with Gasteiger partial charge < -0.3 is 10.0 Å². The monoisotopic (exact) mass is 470 g/mol. The first kappa shape index (κ1) is 21.2. The van der Waals surface area contributed by atoms with Crippen LogP contribution in [0.1, 0.15) is 46.8 Å². The summed E-state index contributed by atoms with van der Waals surface area (Å²) in [5, 5.41) is 18.8. The number of likely N-dealkylation sites (N-methyl/N-ethyl adjacent to an activating group) is 1. The van der Waals surface area contributed by atoms with E-state index in [0.717, 1.165) is 23.7 Å². The summed E-state index contributed by atoms with van der Waals surface area (Å²) in [6, 6.07) is 12.1. The van der Waals surface area contributed by atoms with Gasteiger partial charge in [0.1, 0.15) is 0 Å². The molecular formula is C22H24BBrN2O4. The number of hydrogen-bond acceptors (Lipinski definition) is 5. The van der Waals surface area contributed by atoms with Crippen LogP contribution < -0.4 is 5.46 Å². The summed E-state index contributed by atoms with van der Waals surface area (Å²) >= 11 is 3.63. The van der Waals surface area contributed by atoms with Crippen molar-refractivity contribution in [3.8, 4) is 0 Å². The molecule has 1 aliphatic heterocycles. The van der Waals surface area contributed by atoms with Crippen LogP contribution in [0.3, 0.4) is 0 Å². The van der Waals surface area contributed by atoms with E-state index in [0.29, 0.717) is 13.0 Å². The Morgan fingerprint density at radius 1 is 1.17 bits per heavy atom. The van der Waals surface area contributed by atoms with E-state index in [1.54, 1.807) is 12.1 Å². The maximum Gasteiger partial charge on any atom is 0.488 e. The maximum absolute atomic E-state index is 13.3. The molecule has 0 aromatic heterocycles. The van der Waals surface area contributed by atoms with E-state index >= 15 is 0 Å². The molecular weight excluding hydrogens is 447 g/mol. The molecule has 2 atom stereocenters. The molecule has 6 nitrogen and oxygen atoms in total. The molecule has 1 saturated heterocycles. The predicted octanol–water partition coefficient (Wildman–Crippen LogP) is 1.88. The number of rotatable bonds is 4.